The third kappa shape index (κ3) is 3.06. The number of rotatable bonds is 5. The molecule has 2 aromatic rings. The molecule has 5 nitrogen and oxygen atoms in total. The highest BCUT2D eigenvalue weighted by Gasteiger charge is 2.35. The van der Waals surface area contributed by atoms with Gasteiger partial charge in [0.1, 0.15) is 11.5 Å². The Morgan fingerprint density at radius 3 is 2.26 bits per heavy atom. The van der Waals surface area contributed by atoms with Crippen molar-refractivity contribution >= 4 is 17.3 Å². The van der Waals surface area contributed by atoms with Crippen LogP contribution < -0.4 is 10.5 Å². The van der Waals surface area contributed by atoms with Gasteiger partial charge in [-0.25, -0.2) is 0 Å². The molecule has 0 saturated carbocycles. The number of phenols is 1. The number of nitrogen functional groups attached to an aromatic ring is 1. The number of phenolic OH excluding ortho intramolecular Hbond substituents is 1. The highest BCUT2D eigenvalue weighted by atomic mass is 16.5. The van der Waals surface area contributed by atoms with Gasteiger partial charge >= 0.3 is 0 Å². The third-order valence-corrected chi connectivity index (χ3v) is 4.12. The molecular formula is C22H17NO4. The molecule has 0 amide bonds. The molecule has 1 aliphatic rings. The first-order chi connectivity index (χ1) is 13.0. The zero-order valence-corrected chi connectivity index (χ0v) is 14.4. The van der Waals surface area contributed by atoms with Crippen LogP contribution in [0.15, 0.2) is 79.6 Å². The standard InChI is InChI=1S/C22H17NO4/c1-3-5-6-9-13(4-2)27-17-12-16(24)18-19(20(17)23)22(26)15-11-8-7-10-14(15)21(18)25/h3-12,24H,1-2,23H2/b6-5-,13-9+. The molecule has 1 aliphatic carbocycles. The van der Waals surface area contributed by atoms with E-state index in [1.54, 1.807) is 48.6 Å². The molecule has 134 valence electrons. The first kappa shape index (κ1) is 17.9. The van der Waals surface area contributed by atoms with Crippen LogP contribution >= 0.6 is 0 Å². The van der Waals surface area contributed by atoms with Crippen molar-refractivity contribution < 1.29 is 19.4 Å². The lowest BCUT2D eigenvalue weighted by atomic mass is 9.82. The topological polar surface area (TPSA) is 89.6 Å². The quantitative estimate of drug-likeness (QED) is 0.312. The summed E-state index contributed by atoms with van der Waals surface area (Å²) >= 11 is 0. The van der Waals surface area contributed by atoms with E-state index in [4.69, 9.17) is 10.5 Å². The predicted octanol–water partition coefficient (Wildman–Crippen LogP) is 3.94. The van der Waals surface area contributed by atoms with Crippen molar-refractivity contribution in [2.75, 3.05) is 5.73 Å². The Labute approximate surface area is 156 Å². The Balaban J connectivity index is 2.13. The fourth-order valence-corrected chi connectivity index (χ4v) is 2.86. The van der Waals surface area contributed by atoms with Gasteiger partial charge in [-0.2, -0.15) is 0 Å². The van der Waals surface area contributed by atoms with Gasteiger partial charge in [0, 0.05) is 17.2 Å². The summed E-state index contributed by atoms with van der Waals surface area (Å²) in [6.07, 6.45) is 8.04. The molecule has 0 saturated heterocycles. The monoisotopic (exact) mass is 359 g/mol. The molecule has 0 aromatic heterocycles. The summed E-state index contributed by atoms with van der Waals surface area (Å²) in [6.45, 7) is 7.22. The van der Waals surface area contributed by atoms with Crippen molar-refractivity contribution in [3.05, 3.63) is 102 Å². The minimum atomic E-state index is -0.454. The summed E-state index contributed by atoms with van der Waals surface area (Å²) in [5.41, 5.74) is 6.43. The van der Waals surface area contributed by atoms with Crippen LogP contribution in [-0.4, -0.2) is 16.7 Å². The number of ketones is 2. The van der Waals surface area contributed by atoms with Gasteiger partial charge < -0.3 is 15.6 Å². The second kappa shape index (κ2) is 7.17. The average molecular weight is 359 g/mol. The van der Waals surface area contributed by atoms with Crippen LogP contribution in [0.1, 0.15) is 31.8 Å². The molecule has 0 fully saturated rings. The van der Waals surface area contributed by atoms with Crippen LogP contribution in [0, 0.1) is 0 Å². The maximum atomic E-state index is 12.9. The first-order valence-electron chi connectivity index (χ1n) is 8.13. The maximum absolute atomic E-state index is 12.9. The van der Waals surface area contributed by atoms with Gasteiger partial charge in [-0.05, 0) is 12.2 Å². The SMILES string of the molecule is C=C/C=C\C=C(/C=C)Oc1cc(O)c2c(c1N)C(=O)c1ccccc1C2=O. The number of fused-ring (bicyclic) bond motifs is 2. The summed E-state index contributed by atoms with van der Waals surface area (Å²) in [5, 5.41) is 10.4. The van der Waals surface area contributed by atoms with Crippen LogP contribution in [0.25, 0.3) is 0 Å². The van der Waals surface area contributed by atoms with Gasteiger partial charge in [0.15, 0.2) is 17.3 Å². The van der Waals surface area contributed by atoms with Gasteiger partial charge in [-0.15, -0.1) is 0 Å². The molecule has 0 atom stereocenters. The van der Waals surface area contributed by atoms with Gasteiger partial charge in [0.25, 0.3) is 0 Å². The van der Waals surface area contributed by atoms with Crippen molar-refractivity contribution in [2.45, 2.75) is 0 Å². The van der Waals surface area contributed by atoms with Crippen molar-refractivity contribution in [3.8, 4) is 11.5 Å². The fourth-order valence-electron chi connectivity index (χ4n) is 2.86. The van der Waals surface area contributed by atoms with E-state index in [9.17, 15) is 14.7 Å². The van der Waals surface area contributed by atoms with Crippen molar-refractivity contribution in [1.82, 2.24) is 0 Å². The van der Waals surface area contributed by atoms with E-state index in [1.165, 1.54) is 12.1 Å². The number of benzene rings is 2. The van der Waals surface area contributed by atoms with Crippen LogP contribution in [-0.2, 0) is 0 Å². The van der Waals surface area contributed by atoms with E-state index < -0.39 is 11.6 Å². The van der Waals surface area contributed by atoms with Crippen LogP contribution in [0.2, 0.25) is 0 Å². The zero-order chi connectivity index (χ0) is 19.6. The summed E-state index contributed by atoms with van der Waals surface area (Å²) in [6, 6.07) is 7.64. The van der Waals surface area contributed by atoms with E-state index in [-0.39, 0.29) is 39.4 Å². The lowest BCUT2D eigenvalue weighted by Gasteiger charge is -2.21. The maximum Gasteiger partial charge on any atom is 0.198 e. The van der Waals surface area contributed by atoms with E-state index in [2.05, 4.69) is 13.2 Å². The molecule has 3 N–H and O–H groups in total. The number of carbonyl (C=O) groups excluding carboxylic acids is 2. The third-order valence-electron chi connectivity index (χ3n) is 4.12. The molecule has 0 aliphatic heterocycles. The number of hydrogen-bond acceptors (Lipinski definition) is 5. The van der Waals surface area contributed by atoms with Gasteiger partial charge in [-0.3, -0.25) is 9.59 Å². The Morgan fingerprint density at radius 1 is 1.04 bits per heavy atom. The van der Waals surface area contributed by atoms with Gasteiger partial charge in [0.2, 0.25) is 0 Å². The molecule has 5 heteroatoms. The molecule has 0 spiro atoms. The zero-order valence-electron chi connectivity index (χ0n) is 14.4. The van der Waals surface area contributed by atoms with Gasteiger partial charge in [0.05, 0.1) is 16.8 Å². The van der Waals surface area contributed by atoms with Gasteiger partial charge in [-0.1, -0.05) is 55.7 Å². The van der Waals surface area contributed by atoms with Crippen LogP contribution in [0.5, 0.6) is 11.5 Å². The summed E-state index contributed by atoms with van der Waals surface area (Å²) in [4.78, 5) is 25.6. The van der Waals surface area contributed by atoms with E-state index >= 15 is 0 Å². The van der Waals surface area contributed by atoms with Crippen LogP contribution in [0.3, 0.4) is 0 Å². The second-order valence-electron chi connectivity index (χ2n) is 5.76. The fraction of sp³-hybridized carbons (Fsp3) is 0. The first-order valence-corrected chi connectivity index (χ1v) is 8.13. The molecule has 27 heavy (non-hydrogen) atoms. The molecule has 3 rings (SSSR count). The molecule has 0 radical (unpaired) electrons. The summed E-state index contributed by atoms with van der Waals surface area (Å²) in [5.74, 6) is -0.857. The highest BCUT2D eigenvalue weighted by molar-refractivity contribution is 6.31. The number of nitrogens with two attached hydrogens (primary N) is 1. The molecule has 0 bridgehead atoms. The number of carbonyl (C=O) groups is 2. The lowest BCUT2D eigenvalue weighted by Crippen LogP contribution is -2.22. The minimum absolute atomic E-state index is 0.0175. The average Bonchev–Trinajstić information content (AvgIpc) is 2.67. The molecule has 0 heterocycles. The predicted molar refractivity (Wildman–Crippen MR) is 104 cm³/mol. The Kier molecular flexibility index (Phi) is 4.77. The number of hydrogen-bond donors (Lipinski definition) is 2. The largest absolute Gasteiger partial charge is 0.507 e. The van der Waals surface area contributed by atoms with E-state index in [1.807, 2.05) is 0 Å². The normalized spacial score (nSPS) is 13.3. The smallest absolute Gasteiger partial charge is 0.198 e. The summed E-state index contributed by atoms with van der Waals surface area (Å²) < 4.78 is 5.67. The lowest BCUT2D eigenvalue weighted by molar-refractivity contribution is 0.0977. The van der Waals surface area contributed by atoms with Crippen molar-refractivity contribution in [2.24, 2.45) is 0 Å². The molecule has 2 aromatic carbocycles. The number of allylic oxidation sites excluding steroid dienone is 5. The Hall–Kier alpha value is -3.86. The number of ether oxygens (including phenoxy) is 1. The second-order valence-corrected chi connectivity index (χ2v) is 5.76. The Morgan fingerprint density at radius 2 is 1.67 bits per heavy atom. The minimum Gasteiger partial charge on any atom is -0.507 e. The molecular weight excluding hydrogens is 342 g/mol. The Bertz CT molecular complexity index is 1040. The van der Waals surface area contributed by atoms with E-state index in [0.29, 0.717) is 5.76 Å². The van der Waals surface area contributed by atoms with Crippen molar-refractivity contribution in [1.29, 1.82) is 0 Å². The van der Waals surface area contributed by atoms with Crippen molar-refractivity contribution in [3.63, 3.8) is 0 Å². The molecule has 0 unspecified atom stereocenters. The summed E-state index contributed by atoms with van der Waals surface area (Å²) in [7, 11) is 0. The van der Waals surface area contributed by atoms with E-state index in [0.717, 1.165) is 0 Å². The van der Waals surface area contributed by atoms with Crippen LogP contribution in [0.4, 0.5) is 5.69 Å². The highest BCUT2D eigenvalue weighted by Crippen LogP contribution is 2.41. The number of aromatic hydroxyl groups is 1. The number of anilines is 1.